The van der Waals surface area contributed by atoms with Crippen molar-refractivity contribution < 1.29 is 28.4 Å². The molecule has 0 aliphatic heterocycles. The van der Waals surface area contributed by atoms with Crippen molar-refractivity contribution in [2.45, 2.75) is 0 Å². The maximum absolute atomic E-state index is 12.5. The fourth-order valence-electron chi connectivity index (χ4n) is 1.25. The van der Waals surface area contributed by atoms with Gasteiger partial charge in [0.15, 0.2) is 6.52 Å². The fraction of sp³-hybridized carbons (Fsp3) is 0.400. The summed E-state index contributed by atoms with van der Waals surface area (Å²) in [7, 11) is 2.02. The smallest absolute Gasteiger partial charge is 0.225 e. The van der Waals surface area contributed by atoms with Crippen molar-refractivity contribution in [3.63, 3.8) is 0 Å². The highest BCUT2D eigenvalue weighted by Gasteiger charge is 2.23. The van der Waals surface area contributed by atoms with E-state index in [0.29, 0.717) is 0 Å². The number of ether oxygens (including phenoxy) is 1. The lowest BCUT2D eigenvalue weighted by atomic mass is 10.5. The van der Waals surface area contributed by atoms with Crippen molar-refractivity contribution in [2.75, 3.05) is 38.5 Å². The normalized spacial score (nSPS) is 15.0. The SMILES string of the molecule is COOPP(=O)(C/C=C/COc1cc(N)nc(N)n1)POOC. The number of hydrogen-bond donors (Lipinski definition) is 2. The van der Waals surface area contributed by atoms with E-state index < -0.39 is 6.52 Å². The molecule has 0 bridgehead atoms. The van der Waals surface area contributed by atoms with Gasteiger partial charge in [0.05, 0.1) is 14.2 Å². The summed E-state index contributed by atoms with van der Waals surface area (Å²) in [6.45, 7) is -2.52. The van der Waals surface area contributed by atoms with Crippen molar-refractivity contribution in [1.29, 1.82) is 0 Å². The van der Waals surface area contributed by atoms with Gasteiger partial charge in [0.1, 0.15) is 29.4 Å². The number of rotatable bonds is 11. The third-order valence-corrected chi connectivity index (χ3v) is 8.89. The zero-order chi connectivity index (χ0) is 17.1. The van der Waals surface area contributed by atoms with E-state index in [0.717, 1.165) is 0 Å². The molecule has 0 saturated carbocycles. The Morgan fingerprint density at radius 3 is 2.39 bits per heavy atom. The Morgan fingerprint density at radius 2 is 1.83 bits per heavy atom. The van der Waals surface area contributed by atoms with Crippen LogP contribution >= 0.6 is 23.5 Å². The lowest BCUT2D eigenvalue weighted by Crippen LogP contribution is -2.03. The molecule has 10 nitrogen and oxygen atoms in total. The summed E-state index contributed by atoms with van der Waals surface area (Å²) in [5.41, 5.74) is 11.0. The lowest BCUT2D eigenvalue weighted by molar-refractivity contribution is -0.165. The number of nitrogens with two attached hydrogens (primary N) is 2. The summed E-state index contributed by atoms with van der Waals surface area (Å²) >= 11 is 0. The van der Waals surface area contributed by atoms with Crippen LogP contribution in [0.15, 0.2) is 18.2 Å². The van der Waals surface area contributed by atoms with Crippen LogP contribution < -0.4 is 16.2 Å². The molecule has 2 atom stereocenters. The molecule has 2 unspecified atom stereocenters. The van der Waals surface area contributed by atoms with Crippen molar-refractivity contribution in [3.05, 3.63) is 18.2 Å². The average molecular weight is 384 g/mol. The van der Waals surface area contributed by atoms with Crippen LogP contribution in [0.3, 0.4) is 0 Å². The van der Waals surface area contributed by atoms with Crippen molar-refractivity contribution in [1.82, 2.24) is 9.97 Å². The highest BCUT2D eigenvalue weighted by atomic mass is 32.5. The summed E-state index contributed by atoms with van der Waals surface area (Å²) in [4.78, 5) is 16.6. The minimum atomic E-state index is -2.73. The number of hydrogen-bond acceptors (Lipinski definition) is 10. The summed E-state index contributed by atoms with van der Waals surface area (Å²) in [6.07, 6.45) is 3.65. The summed E-state index contributed by atoms with van der Waals surface area (Å²) in [5, 5.41) is 0. The Hall–Kier alpha value is -0.850. The van der Waals surface area contributed by atoms with Crippen LogP contribution in [0.2, 0.25) is 0 Å². The van der Waals surface area contributed by atoms with E-state index >= 15 is 0 Å². The second kappa shape index (κ2) is 10.8. The zero-order valence-electron chi connectivity index (χ0n) is 12.6. The molecule has 0 spiro atoms. The lowest BCUT2D eigenvalue weighted by Gasteiger charge is -2.13. The molecular formula is C10H19N4O6P3. The maximum Gasteiger partial charge on any atom is 0.225 e. The van der Waals surface area contributed by atoms with Gasteiger partial charge in [-0.05, 0) is 0 Å². The molecule has 0 aliphatic rings. The van der Waals surface area contributed by atoms with E-state index in [-0.39, 0.29) is 47.4 Å². The fourth-order valence-corrected chi connectivity index (χ4v) is 5.64. The second-order valence-electron chi connectivity index (χ2n) is 3.88. The molecule has 1 aromatic heterocycles. The van der Waals surface area contributed by atoms with Crippen LogP contribution in [0, 0.1) is 0 Å². The summed E-state index contributed by atoms with van der Waals surface area (Å²) in [5.74, 6) is 0.512. The number of anilines is 2. The van der Waals surface area contributed by atoms with Crippen molar-refractivity contribution >= 4 is 35.3 Å². The topological polar surface area (TPSA) is 141 Å². The van der Waals surface area contributed by atoms with E-state index in [4.69, 9.17) is 25.6 Å². The Labute approximate surface area is 137 Å². The van der Waals surface area contributed by atoms with Crippen LogP contribution in [0.4, 0.5) is 11.8 Å². The Balaban J connectivity index is 2.46. The molecule has 0 fully saturated rings. The van der Waals surface area contributed by atoms with Crippen LogP contribution in [0.25, 0.3) is 0 Å². The molecule has 0 aromatic carbocycles. The maximum atomic E-state index is 12.5. The van der Waals surface area contributed by atoms with Gasteiger partial charge >= 0.3 is 0 Å². The van der Waals surface area contributed by atoms with Gasteiger partial charge in [0, 0.05) is 12.2 Å². The van der Waals surface area contributed by atoms with Gasteiger partial charge in [0.2, 0.25) is 11.8 Å². The van der Waals surface area contributed by atoms with Crippen molar-refractivity contribution in [2.24, 2.45) is 0 Å². The first kappa shape index (κ1) is 20.2. The molecule has 4 N–H and O–H groups in total. The van der Waals surface area contributed by atoms with Gasteiger partial charge in [-0.25, -0.2) is 19.1 Å². The first-order chi connectivity index (χ1) is 11.0. The molecule has 1 rings (SSSR count). The molecule has 1 aromatic rings. The summed E-state index contributed by atoms with van der Waals surface area (Å²) < 4.78 is 27.4. The van der Waals surface area contributed by atoms with Gasteiger partial charge in [0.25, 0.3) is 0 Å². The Bertz CT molecular complexity index is 529. The van der Waals surface area contributed by atoms with Gasteiger partial charge in [-0.1, -0.05) is 12.2 Å². The van der Waals surface area contributed by atoms with Gasteiger partial charge in [-0.15, -0.1) is 0 Å². The minimum absolute atomic E-state index is 0.0318. The number of aromatic nitrogens is 2. The predicted octanol–water partition coefficient (Wildman–Crippen LogP) is 2.11. The Kier molecular flexibility index (Phi) is 9.52. The highest BCUT2D eigenvalue weighted by Crippen LogP contribution is 2.77. The van der Waals surface area contributed by atoms with Crippen molar-refractivity contribution in [3.8, 4) is 5.88 Å². The monoisotopic (exact) mass is 384 g/mol. The number of allylic oxidation sites excluding steroid dienone is 1. The van der Waals surface area contributed by atoms with E-state index in [1.54, 1.807) is 12.2 Å². The van der Waals surface area contributed by atoms with Crippen LogP contribution in [0.5, 0.6) is 5.88 Å². The first-order valence-corrected chi connectivity index (χ1v) is 11.6. The van der Waals surface area contributed by atoms with E-state index in [1.165, 1.54) is 20.3 Å². The van der Waals surface area contributed by atoms with Gasteiger partial charge < -0.3 is 20.8 Å². The van der Waals surface area contributed by atoms with Crippen LogP contribution in [0.1, 0.15) is 0 Å². The van der Waals surface area contributed by atoms with E-state index in [2.05, 4.69) is 19.7 Å². The van der Waals surface area contributed by atoms with E-state index in [1.807, 2.05) is 0 Å². The standard InChI is InChI=1S/C10H19N4O6P3/c1-16-19-21-23(15,22-20-17-2)6-4-3-5-18-9-7-8(11)13-10(12)14-9/h3-4,7,21-22H,5-6H2,1-2H3,(H4,11,12,13,14)/b4-3+. The molecule has 0 saturated heterocycles. The average Bonchev–Trinajstić information content (AvgIpc) is 2.50. The molecule has 23 heavy (non-hydrogen) atoms. The molecule has 0 amide bonds. The minimum Gasteiger partial charge on any atom is -0.473 e. The molecule has 0 aliphatic carbocycles. The zero-order valence-corrected chi connectivity index (χ0v) is 15.5. The predicted molar refractivity (Wildman–Crippen MR) is 90.8 cm³/mol. The Morgan fingerprint density at radius 1 is 1.17 bits per heavy atom. The number of nitrogen functional groups attached to an aromatic ring is 2. The first-order valence-electron chi connectivity index (χ1n) is 6.20. The second-order valence-corrected chi connectivity index (χ2v) is 13.2. The number of nitrogens with zero attached hydrogens (tertiary/aromatic N) is 2. The van der Waals surface area contributed by atoms with E-state index in [9.17, 15) is 4.57 Å². The molecule has 0 radical (unpaired) electrons. The highest BCUT2D eigenvalue weighted by molar-refractivity contribution is 8.53. The molecule has 1 heterocycles. The van der Waals surface area contributed by atoms with Crippen LogP contribution in [-0.2, 0) is 23.7 Å². The molecule has 130 valence electrons. The van der Waals surface area contributed by atoms with Crippen LogP contribution in [-0.4, -0.2) is 37.0 Å². The quantitative estimate of drug-likeness (QED) is 0.252. The van der Waals surface area contributed by atoms with Gasteiger partial charge in [-0.2, -0.15) is 9.97 Å². The molecular weight excluding hydrogens is 365 g/mol. The summed E-state index contributed by atoms with van der Waals surface area (Å²) in [6, 6.07) is 1.46. The molecule has 13 heteroatoms. The largest absolute Gasteiger partial charge is 0.473 e. The third-order valence-electron chi connectivity index (χ3n) is 2.13. The van der Waals surface area contributed by atoms with Gasteiger partial charge in [-0.3, -0.25) is 0 Å². The third kappa shape index (κ3) is 8.53.